The van der Waals surface area contributed by atoms with Crippen LogP contribution in [0, 0.1) is 11.8 Å². The van der Waals surface area contributed by atoms with Crippen molar-refractivity contribution in [2.24, 2.45) is 17.6 Å². The Morgan fingerprint density at radius 2 is 1.58 bits per heavy atom. The van der Waals surface area contributed by atoms with E-state index in [1.807, 2.05) is 12.1 Å². The maximum absolute atomic E-state index is 11.3. The number of benzene rings is 2. The van der Waals surface area contributed by atoms with Crippen molar-refractivity contribution in [1.82, 2.24) is 9.88 Å². The minimum atomic E-state index is -0.502. The van der Waals surface area contributed by atoms with E-state index in [1.165, 1.54) is 30.0 Å². The van der Waals surface area contributed by atoms with E-state index < -0.39 is 5.91 Å². The molecule has 1 heterocycles. The molecule has 3 rings (SSSR count). The second-order valence-electron chi connectivity index (χ2n) is 9.26. The predicted molar refractivity (Wildman–Crippen MR) is 138 cm³/mol. The number of hydrogen-bond donors (Lipinski definition) is 1. The first-order valence-corrected chi connectivity index (χ1v) is 11.5. The fourth-order valence-electron chi connectivity index (χ4n) is 3.66. The van der Waals surface area contributed by atoms with E-state index in [1.54, 1.807) is 12.1 Å². The largest absolute Gasteiger partial charge is 0.438 e. The van der Waals surface area contributed by atoms with Gasteiger partial charge in [-0.15, -0.1) is 12.4 Å². The maximum atomic E-state index is 11.3. The number of pyridine rings is 1. The Kier molecular flexibility index (Phi) is 10.1. The number of carbonyl (C=O) groups is 1. The normalized spacial score (nSPS) is 11.2. The summed E-state index contributed by atoms with van der Waals surface area (Å²) < 4.78 is 6.07. The molecule has 0 saturated carbocycles. The molecule has 0 spiro atoms. The summed E-state index contributed by atoms with van der Waals surface area (Å²) in [5, 5.41) is 2.25. The standard InChI is InChI=1S/C27H35N3O2.ClH/c1-19(2)13-15-30(16-14-20(3)4)18-22-7-5-9-24-23(22)8-6-10-25(24)32-26-12-11-21(17-29-26)27(28)31;/h5-12,17,19-20H,13-16,18H2,1-4H3,(H2,28,31);1H. The zero-order valence-electron chi connectivity index (χ0n) is 20.1. The number of nitrogens with two attached hydrogens (primary N) is 1. The molecule has 0 aliphatic carbocycles. The zero-order valence-corrected chi connectivity index (χ0v) is 20.9. The molecular weight excluding hydrogens is 434 g/mol. The molecule has 2 N–H and O–H groups in total. The topological polar surface area (TPSA) is 68.5 Å². The SMILES string of the molecule is CC(C)CCN(CCC(C)C)Cc1cccc2c(Oc3ccc(C(N)=O)cn3)cccc12.Cl. The van der Waals surface area contributed by atoms with E-state index in [2.05, 4.69) is 61.8 Å². The van der Waals surface area contributed by atoms with Gasteiger partial charge < -0.3 is 10.5 Å². The van der Waals surface area contributed by atoms with Crippen LogP contribution in [0.5, 0.6) is 11.6 Å². The minimum Gasteiger partial charge on any atom is -0.438 e. The third kappa shape index (κ3) is 7.72. The van der Waals surface area contributed by atoms with Crippen molar-refractivity contribution in [3.63, 3.8) is 0 Å². The Labute approximate surface area is 203 Å². The maximum Gasteiger partial charge on any atom is 0.250 e. The number of aromatic nitrogens is 1. The summed E-state index contributed by atoms with van der Waals surface area (Å²) in [4.78, 5) is 18.1. The number of rotatable bonds is 11. The van der Waals surface area contributed by atoms with Gasteiger partial charge in [0.05, 0.1) is 5.56 Å². The Morgan fingerprint density at radius 1 is 0.939 bits per heavy atom. The summed E-state index contributed by atoms with van der Waals surface area (Å²) in [7, 11) is 0. The summed E-state index contributed by atoms with van der Waals surface area (Å²) >= 11 is 0. The number of hydrogen-bond acceptors (Lipinski definition) is 4. The summed E-state index contributed by atoms with van der Waals surface area (Å²) in [5.74, 6) is 2.07. The number of amides is 1. The van der Waals surface area contributed by atoms with Crippen LogP contribution in [0.3, 0.4) is 0 Å². The van der Waals surface area contributed by atoms with Gasteiger partial charge in [-0.3, -0.25) is 9.69 Å². The molecular formula is C27H36ClN3O2. The summed E-state index contributed by atoms with van der Waals surface area (Å²) in [5.41, 5.74) is 6.96. The summed E-state index contributed by atoms with van der Waals surface area (Å²) in [6.45, 7) is 12.3. The monoisotopic (exact) mass is 469 g/mol. The van der Waals surface area contributed by atoms with Gasteiger partial charge in [0.1, 0.15) is 5.75 Å². The number of halogens is 1. The van der Waals surface area contributed by atoms with Gasteiger partial charge in [-0.1, -0.05) is 58.0 Å². The summed E-state index contributed by atoms with van der Waals surface area (Å²) in [6, 6.07) is 15.8. The molecule has 2 aromatic carbocycles. The molecule has 0 bridgehead atoms. The Morgan fingerprint density at radius 3 is 2.15 bits per heavy atom. The number of primary amides is 1. The first kappa shape index (κ1) is 26.6. The molecule has 33 heavy (non-hydrogen) atoms. The molecule has 0 saturated heterocycles. The molecule has 0 fully saturated rings. The van der Waals surface area contributed by atoms with Crippen molar-refractivity contribution in [3.8, 4) is 11.6 Å². The zero-order chi connectivity index (χ0) is 23.1. The molecule has 6 heteroatoms. The Bertz CT molecular complexity index is 1020. The second kappa shape index (κ2) is 12.6. The molecule has 3 aromatic rings. The molecule has 0 unspecified atom stereocenters. The van der Waals surface area contributed by atoms with Crippen LogP contribution < -0.4 is 10.5 Å². The lowest BCUT2D eigenvalue weighted by Gasteiger charge is -2.25. The number of nitrogens with zero attached hydrogens (tertiary/aromatic N) is 2. The molecule has 0 atom stereocenters. The van der Waals surface area contributed by atoms with Crippen LogP contribution in [-0.4, -0.2) is 28.9 Å². The highest BCUT2D eigenvalue weighted by molar-refractivity contribution is 5.92. The van der Waals surface area contributed by atoms with Crippen molar-refractivity contribution in [2.75, 3.05) is 13.1 Å². The van der Waals surface area contributed by atoms with Gasteiger partial charge in [0, 0.05) is 24.2 Å². The molecule has 178 valence electrons. The van der Waals surface area contributed by atoms with Crippen molar-refractivity contribution in [1.29, 1.82) is 0 Å². The van der Waals surface area contributed by atoms with Gasteiger partial charge in [-0.25, -0.2) is 4.98 Å². The van der Waals surface area contributed by atoms with Crippen LogP contribution in [0.4, 0.5) is 0 Å². The molecule has 5 nitrogen and oxygen atoms in total. The van der Waals surface area contributed by atoms with Gasteiger partial charge in [0.15, 0.2) is 0 Å². The fraction of sp³-hybridized carbons (Fsp3) is 0.407. The lowest BCUT2D eigenvalue weighted by molar-refractivity contribution is 0.1000. The quantitative estimate of drug-likeness (QED) is 0.350. The number of fused-ring (bicyclic) bond motifs is 1. The lowest BCUT2D eigenvalue weighted by Crippen LogP contribution is -2.27. The highest BCUT2D eigenvalue weighted by Crippen LogP contribution is 2.31. The van der Waals surface area contributed by atoms with Crippen molar-refractivity contribution < 1.29 is 9.53 Å². The molecule has 0 aliphatic rings. The van der Waals surface area contributed by atoms with E-state index in [-0.39, 0.29) is 12.4 Å². The highest BCUT2D eigenvalue weighted by Gasteiger charge is 2.13. The first-order valence-electron chi connectivity index (χ1n) is 11.5. The van der Waals surface area contributed by atoms with Crippen LogP contribution >= 0.6 is 12.4 Å². The average Bonchev–Trinajstić information content (AvgIpc) is 2.76. The van der Waals surface area contributed by atoms with Gasteiger partial charge in [0.2, 0.25) is 11.8 Å². The Hall–Kier alpha value is -2.63. The fourth-order valence-corrected chi connectivity index (χ4v) is 3.66. The van der Waals surface area contributed by atoms with Gasteiger partial charge >= 0.3 is 0 Å². The van der Waals surface area contributed by atoms with E-state index in [9.17, 15) is 4.79 Å². The van der Waals surface area contributed by atoms with E-state index in [0.29, 0.717) is 23.3 Å². The van der Waals surface area contributed by atoms with Crippen molar-refractivity contribution in [2.45, 2.75) is 47.1 Å². The first-order chi connectivity index (χ1) is 15.3. The third-order valence-electron chi connectivity index (χ3n) is 5.65. The number of carbonyl (C=O) groups excluding carboxylic acids is 1. The average molecular weight is 470 g/mol. The molecule has 0 radical (unpaired) electrons. The third-order valence-corrected chi connectivity index (χ3v) is 5.65. The molecule has 1 aromatic heterocycles. The predicted octanol–water partition coefficient (Wildman–Crippen LogP) is 6.44. The van der Waals surface area contributed by atoms with Crippen LogP contribution in [0.15, 0.2) is 54.7 Å². The van der Waals surface area contributed by atoms with Crippen LogP contribution in [-0.2, 0) is 6.54 Å². The van der Waals surface area contributed by atoms with Crippen LogP contribution in [0.25, 0.3) is 10.8 Å². The van der Waals surface area contributed by atoms with Crippen LogP contribution in [0.1, 0.15) is 56.5 Å². The highest BCUT2D eigenvalue weighted by atomic mass is 35.5. The minimum absolute atomic E-state index is 0. The molecule has 0 aliphatic heterocycles. The van der Waals surface area contributed by atoms with Crippen LogP contribution in [0.2, 0.25) is 0 Å². The lowest BCUT2D eigenvalue weighted by atomic mass is 10.0. The van der Waals surface area contributed by atoms with E-state index >= 15 is 0 Å². The van der Waals surface area contributed by atoms with Gasteiger partial charge in [-0.2, -0.15) is 0 Å². The number of ether oxygens (including phenoxy) is 1. The van der Waals surface area contributed by atoms with Crippen molar-refractivity contribution in [3.05, 3.63) is 65.9 Å². The Balaban J connectivity index is 0.00000385. The smallest absolute Gasteiger partial charge is 0.250 e. The van der Waals surface area contributed by atoms with Gasteiger partial charge in [-0.05, 0) is 60.8 Å². The summed E-state index contributed by atoms with van der Waals surface area (Å²) in [6.07, 6.45) is 3.84. The molecule has 1 amide bonds. The van der Waals surface area contributed by atoms with Crippen molar-refractivity contribution >= 4 is 29.1 Å². The van der Waals surface area contributed by atoms with Gasteiger partial charge in [0.25, 0.3) is 0 Å². The van der Waals surface area contributed by atoms with E-state index in [4.69, 9.17) is 10.5 Å². The second-order valence-corrected chi connectivity index (χ2v) is 9.26. The van der Waals surface area contributed by atoms with E-state index in [0.717, 1.165) is 30.8 Å².